The first-order valence-corrected chi connectivity index (χ1v) is 10.8. The zero-order valence-electron chi connectivity index (χ0n) is 16.0. The second kappa shape index (κ2) is 9.60. The second-order valence-electron chi connectivity index (χ2n) is 6.59. The molecule has 6 nitrogen and oxygen atoms in total. The van der Waals surface area contributed by atoms with Crippen molar-refractivity contribution in [2.45, 2.75) is 13.2 Å². The second-order valence-corrected chi connectivity index (χ2v) is 8.32. The highest BCUT2D eigenvalue weighted by Gasteiger charge is 2.14. The average Bonchev–Trinajstić information content (AvgIpc) is 3.40. The van der Waals surface area contributed by atoms with Crippen molar-refractivity contribution in [2.24, 2.45) is 0 Å². The van der Waals surface area contributed by atoms with Gasteiger partial charge in [0.05, 0.1) is 18.4 Å². The Morgan fingerprint density at radius 2 is 1.84 bits per heavy atom. The molecule has 31 heavy (non-hydrogen) atoms. The zero-order chi connectivity index (χ0) is 21.8. The van der Waals surface area contributed by atoms with Gasteiger partial charge < -0.3 is 14.5 Å². The number of amides is 1. The van der Waals surface area contributed by atoms with E-state index in [2.05, 4.69) is 26.3 Å². The molecule has 0 bridgehead atoms. The van der Waals surface area contributed by atoms with Gasteiger partial charge in [0.15, 0.2) is 5.76 Å². The summed E-state index contributed by atoms with van der Waals surface area (Å²) in [6.45, 7) is 0.595. The molecule has 2 aromatic heterocycles. The van der Waals surface area contributed by atoms with Gasteiger partial charge in [-0.05, 0) is 48.5 Å². The van der Waals surface area contributed by atoms with Crippen LogP contribution in [0.15, 0.2) is 75.9 Å². The van der Waals surface area contributed by atoms with Crippen LogP contribution in [0.2, 0.25) is 10.0 Å². The quantitative estimate of drug-likeness (QED) is 0.305. The van der Waals surface area contributed by atoms with E-state index in [0.29, 0.717) is 33.8 Å². The minimum atomic E-state index is -0.384. The fraction of sp³-hybridized carbons (Fsp3) is 0.0909. The van der Waals surface area contributed by atoms with Crippen LogP contribution in [0.4, 0.5) is 5.69 Å². The van der Waals surface area contributed by atoms with E-state index in [0.717, 1.165) is 10.0 Å². The number of ether oxygens (including phenoxy) is 1. The Kier molecular flexibility index (Phi) is 6.65. The number of nitrogens with one attached hydrogen (secondary N) is 1. The third-order valence-corrected chi connectivity index (χ3v) is 5.59. The topological polar surface area (TPSA) is 69.3 Å². The van der Waals surface area contributed by atoms with Gasteiger partial charge in [-0.15, -0.1) is 0 Å². The predicted octanol–water partition coefficient (Wildman–Crippen LogP) is 6.43. The van der Waals surface area contributed by atoms with Gasteiger partial charge in [0.2, 0.25) is 0 Å². The minimum Gasteiger partial charge on any atom is -0.486 e. The molecule has 4 rings (SSSR count). The van der Waals surface area contributed by atoms with Gasteiger partial charge in [0.25, 0.3) is 5.91 Å². The van der Waals surface area contributed by atoms with Crippen molar-refractivity contribution in [3.63, 3.8) is 0 Å². The van der Waals surface area contributed by atoms with Gasteiger partial charge in [0, 0.05) is 26.3 Å². The van der Waals surface area contributed by atoms with Gasteiger partial charge in [-0.1, -0.05) is 45.2 Å². The molecule has 0 aliphatic rings. The van der Waals surface area contributed by atoms with Crippen LogP contribution in [0.1, 0.15) is 21.9 Å². The monoisotopic (exact) mass is 519 g/mol. The van der Waals surface area contributed by atoms with E-state index < -0.39 is 0 Å². The Morgan fingerprint density at radius 1 is 1.10 bits per heavy atom. The SMILES string of the molecule is O=C(Nc1cnn(Cc2c(Cl)cccc2Cl)c1)c1ccc(COc2ccc(Br)cc2)o1. The number of carbonyl (C=O) groups excluding carboxylic acids is 1. The number of rotatable bonds is 7. The van der Waals surface area contributed by atoms with Crippen LogP contribution in [0.25, 0.3) is 0 Å². The minimum absolute atomic E-state index is 0.177. The van der Waals surface area contributed by atoms with Gasteiger partial charge in [-0.3, -0.25) is 9.48 Å². The number of hydrogen-bond acceptors (Lipinski definition) is 4. The molecule has 0 saturated heterocycles. The number of anilines is 1. The molecule has 0 spiro atoms. The molecule has 2 aromatic carbocycles. The summed E-state index contributed by atoms with van der Waals surface area (Å²) in [5.41, 5.74) is 1.28. The number of nitrogens with zero attached hydrogens (tertiary/aromatic N) is 2. The van der Waals surface area contributed by atoms with E-state index in [1.165, 1.54) is 0 Å². The lowest BCUT2D eigenvalue weighted by Crippen LogP contribution is -2.10. The normalized spacial score (nSPS) is 10.8. The number of hydrogen-bond donors (Lipinski definition) is 1. The van der Waals surface area contributed by atoms with Crippen LogP contribution in [-0.4, -0.2) is 15.7 Å². The van der Waals surface area contributed by atoms with Crippen molar-refractivity contribution < 1.29 is 13.9 Å². The third-order valence-electron chi connectivity index (χ3n) is 4.35. The lowest BCUT2D eigenvalue weighted by atomic mass is 10.2. The standard InChI is InChI=1S/C22H16BrCl2N3O3/c23-14-4-6-16(7-5-14)30-13-17-8-9-21(31-17)22(29)27-15-10-26-28(11-15)12-18-19(24)2-1-3-20(18)25/h1-11H,12-13H2,(H,27,29). The maximum atomic E-state index is 12.5. The summed E-state index contributed by atoms with van der Waals surface area (Å²) >= 11 is 15.8. The van der Waals surface area contributed by atoms with Crippen LogP contribution in [0.3, 0.4) is 0 Å². The first kappa shape index (κ1) is 21.5. The van der Waals surface area contributed by atoms with Crippen molar-refractivity contribution in [1.29, 1.82) is 0 Å². The Hall–Kier alpha value is -2.74. The molecule has 9 heteroatoms. The number of aromatic nitrogens is 2. The van der Waals surface area contributed by atoms with E-state index in [1.807, 2.05) is 24.3 Å². The maximum absolute atomic E-state index is 12.5. The maximum Gasteiger partial charge on any atom is 0.291 e. The van der Waals surface area contributed by atoms with Gasteiger partial charge >= 0.3 is 0 Å². The van der Waals surface area contributed by atoms with Crippen molar-refractivity contribution in [3.05, 3.63) is 98.6 Å². The smallest absolute Gasteiger partial charge is 0.291 e. The van der Waals surface area contributed by atoms with Crippen LogP contribution < -0.4 is 10.1 Å². The summed E-state index contributed by atoms with van der Waals surface area (Å²) in [6.07, 6.45) is 3.24. The Labute approximate surface area is 196 Å². The number of carbonyl (C=O) groups is 1. The summed E-state index contributed by atoms with van der Waals surface area (Å²) in [5, 5.41) is 8.12. The van der Waals surface area contributed by atoms with Crippen LogP contribution in [0, 0.1) is 0 Å². The Morgan fingerprint density at radius 3 is 2.58 bits per heavy atom. The molecular weight excluding hydrogens is 505 g/mol. The van der Waals surface area contributed by atoms with Gasteiger partial charge in [0.1, 0.15) is 18.1 Å². The zero-order valence-corrected chi connectivity index (χ0v) is 19.1. The molecule has 1 amide bonds. The number of halogens is 3. The first-order valence-electron chi connectivity index (χ1n) is 9.22. The molecule has 0 saturated carbocycles. The summed E-state index contributed by atoms with van der Waals surface area (Å²) in [7, 11) is 0. The highest BCUT2D eigenvalue weighted by Crippen LogP contribution is 2.25. The van der Waals surface area contributed by atoms with E-state index in [-0.39, 0.29) is 18.3 Å². The number of furan rings is 1. The van der Waals surface area contributed by atoms with Crippen LogP contribution >= 0.6 is 39.1 Å². The number of benzene rings is 2. The highest BCUT2D eigenvalue weighted by molar-refractivity contribution is 9.10. The molecule has 0 aliphatic carbocycles. The van der Waals surface area contributed by atoms with Gasteiger partial charge in [-0.2, -0.15) is 5.10 Å². The molecule has 0 unspecified atom stereocenters. The fourth-order valence-electron chi connectivity index (χ4n) is 2.82. The molecule has 4 aromatic rings. The van der Waals surface area contributed by atoms with Crippen molar-refractivity contribution in [2.75, 3.05) is 5.32 Å². The largest absolute Gasteiger partial charge is 0.486 e. The predicted molar refractivity (Wildman–Crippen MR) is 123 cm³/mol. The molecule has 0 radical (unpaired) electrons. The van der Waals surface area contributed by atoms with E-state index in [1.54, 1.807) is 47.4 Å². The summed E-state index contributed by atoms with van der Waals surface area (Å²) in [6, 6.07) is 16.1. The van der Waals surface area contributed by atoms with Crippen LogP contribution in [0.5, 0.6) is 5.75 Å². The molecule has 158 valence electrons. The average molecular weight is 521 g/mol. The first-order chi connectivity index (χ1) is 15.0. The van der Waals surface area contributed by atoms with Gasteiger partial charge in [-0.25, -0.2) is 0 Å². The van der Waals surface area contributed by atoms with E-state index in [4.69, 9.17) is 32.4 Å². The lowest BCUT2D eigenvalue weighted by Gasteiger charge is -2.06. The Balaban J connectivity index is 1.35. The van der Waals surface area contributed by atoms with E-state index >= 15 is 0 Å². The molecule has 0 fully saturated rings. The van der Waals surface area contributed by atoms with Crippen molar-refractivity contribution in [3.8, 4) is 5.75 Å². The van der Waals surface area contributed by atoms with Crippen LogP contribution in [-0.2, 0) is 13.2 Å². The lowest BCUT2D eigenvalue weighted by molar-refractivity contribution is 0.0992. The van der Waals surface area contributed by atoms with Crippen molar-refractivity contribution in [1.82, 2.24) is 9.78 Å². The molecule has 2 heterocycles. The highest BCUT2D eigenvalue weighted by atomic mass is 79.9. The molecule has 1 N–H and O–H groups in total. The fourth-order valence-corrected chi connectivity index (χ4v) is 3.60. The summed E-state index contributed by atoms with van der Waals surface area (Å²) in [4.78, 5) is 12.5. The third kappa shape index (κ3) is 5.50. The summed E-state index contributed by atoms with van der Waals surface area (Å²) < 4.78 is 13.9. The summed E-state index contributed by atoms with van der Waals surface area (Å²) in [5.74, 6) is 1.04. The Bertz CT molecular complexity index is 1180. The van der Waals surface area contributed by atoms with E-state index in [9.17, 15) is 4.79 Å². The molecule has 0 aliphatic heterocycles. The molecule has 0 atom stereocenters. The van der Waals surface area contributed by atoms with Crippen molar-refractivity contribution >= 4 is 50.7 Å². The molecular formula is C22H16BrCl2N3O3.